The third kappa shape index (κ3) is 6.12. The van der Waals surface area contributed by atoms with Crippen LogP contribution in [0.1, 0.15) is 18.4 Å². The maximum absolute atomic E-state index is 15.2. The highest BCUT2D eigenvalue weighted by atomic mass is 32.2. The molecule has 4 aromatic carbocycles. The van der Waals surface area contributed by atoms with Crippen molar-refractivity contribution in [3.63, 3.8) is 0 Å². The Labute approximate surface area is 248 Å². The maximum atomic E-state index is 15.2. The fourth-order valence-corrected chi connectivity index (χ4v) is 5.80. The molecule has 8 heteroatoms. The highest BCUT2D eigenvalue weighted by Crippen LogP contribution is 2.42. The molecule has 208 valence electrons. The number of rotatable bonds is 8. The van der Waals surface area contributed by atoms with E-state index >= 15 is 4.39 Å². The lowest BCUT2D eigenvalue weighted by Crippen LogP contribution is -2.32. The first-order valence-electron chi connectivity index (χ1n) is 13.3. The Morgan fingerprint density at radius 1 is 0.881 bits per heavy atom. The Balaban J connectivity index is 1.49. The molecule has 1 atom stereocenters. The van der Waals surface area contributed by atoms with Gasteiger partial charge in [0, 0.05) is 33.9 Å². The number of para-hydroxylation sites is 3. The second-order valence-corrected chi connectivity index (χ2v) is 10.5. The third-order valence-electron chi connectivity index (χ3n) is 6.76. The van der Waals surface area contributed by atoms with Crippen LogP contribution in [-0.4, -0.2) is 17.6 Å². The van der Waals surface area contributed by atoms with Gasteiger partial charge < -0.3 is 10.6 Å². The van der Waals surface area contributed by atoms with Gasteiger partial charge in [0.05, 0.1) is 28.3 Å². The summed E-state index contributed by atoms with van der Waals surface area (Å²) in [6.45, 7) is 1.71. The van der Waals surface area contributed by atoms with Crippen LogP contribution in [0.25, 0.3) is 0 Å². The molecular formula is C34H27FN4O2S. The number of dihydropyridines is 1. The average Bonchev–Trinajstić information content (AvgIpc) is 3.01. The number of nitrogens with zero attached hydrogens (tertiary/aromatic N) is 2. The van der Waals surface area contributed by atoms with Crippen molar-refractivity contribution in [2.24, 2.45) is 0 Å². The molecule has 0 aromatic heterocycles. The zero-order valence-corrected chi connectivity index (χ0v) is 23.6. The van der Waals surface area contributed by atoms with E-state index in [1.165, 1.54) is 6.07 Å². The summed E-state index contributed by atoms with van der Waals surface area (Å²) in [5.74, 6) is -2.18. The van der Waals surface area contributed by atoms with Crippen LogP contribution in [0, 0.1) is 17.1 Å². The minimum Gasteiger partial charge on any atom is -0.353 e. The van der Waals surface area contributed by atoms with Crippen molar-refractivity contribution in [2.45, 2.75) is 12.8 Å². The van der Waals surface area contributed by atoms with Gasteiger partial charge in [-0.05, 0) is 49.4 Å². The summed E-state index contributed by atoms with van der Waals surface area (Å²) in [5.41, 5.74) is 3.05. The number of thioether (sulfide) groups is 1. The first-order valence-corrected chi connectivity index (χ1v) is 14.2. The first kappa shape index (κ1) is 28.4. The molecule has 0 unspecified atom stereocenters. The summed E-state index contributed by atoms with van der Waals surface area (Å²) >= 11 is 1.15. The van der Waals surface area contributed by atoms with E-state index in [2.05, 4.69) is 16.7 Å². The van der Waals surface area contributed by atoms with Crippen molar-refractivity contribution in [1.82, 2.24) is 5.32 Å². The molecule has 0 bridgehead atoms. The van der Waals surface area contributed by atoms with Crippen LogP contribution in [0.15, 0.2) is 137 Å². The predicted octanol–water partition coefficient (Wildman–Crippen LogP) is 7.26. The minimum absolute atomic E-state index is 0.0138. The number of anilines is 3. The largest absolute Gasteiger partial charge is 0.353 e. The van der Waals surface area contributed by atoms with Gasteiger partial charge in [0.1, 0.15) is 5.82 Å². The fraction of sp³-hybridized carbons (Fsp3) is 0.0882. The van der Waals surface area contributed by atoms with Gasteiger partial charge in [-0.1, -0.05) is 84.6 Å². The number of allylic oxidation sites excluding steroid dienone is 2. The van der Waals surface area contributed by atoms with E-state index in [4.69, 9.17) is 0 Å². The van der Waals surface area contributed by atoms with Gasteiger partial charge in [-0.2, -0.15) is 5.26 Å². The van der Waals surface area contributed by atoms with E-state index in [1.807, 2.05) is 66.7 Å². The molecular weight excluding hydrogens is 547 g/mol. The summed E-state index contributed by atoms with van der Waals surface area (Å²) < 4.78 is 15.2. The lowest BCUT2D eigenvalue weighted by atomic mass is 9.82. The number of hydrogen-bond donors (Lipinski definition) is 2. The van der Waals surface area contributed by atoms with Crippen LogP contribution in [0.3, 0.4) is 0 Å². The van der Waals surface area contributed by atoms with Gasteiger partial charge in [-0.3, -0.25) is 14.5 Å². The van der Waals surface area contributed by atoms with Gasteiger partial charge >= 0.3 is 0 Å². The topological polar surface area (TPSA) is 85.2 Å². The molecule has 2 N–H and O–H groups in total. The zero-order chi connectivity index (χ0) is 29.5. The van der Waals surface area contributed by atoms with Crippen molar-refractivity contribution >= 4 is 40.6 Å². The van der Waals surface area contributed by atoms with Crippen LogP contribution >= 0.6 is 11.8 Å². The van der Waals surface area contributed by atoms with Gasteiger partial charge in [0.15, 0.2) is 0 Å². The van der Waals surface area contributed by atoms with E-state index in [0.717, 1.165) is 11.8 Å². The second kappa shape index (κ2) is 13.0. The molecule has 4 aromatic rings. The van der Waals surface area contributed by atoms with Gasteiger partial charge in [0.2, 0.25) is 5.91 Å². The zero-order valence-electron chi connectivity index (χ0n) is 22.8. The van der Waals surface area contributed by atoms with Crippen LogP contribution in [-0.2, 0) is 9.59 Å². The molecule has 0 saturated heterocycles. The normalized spacial score (nSPS) is 14.5. The number of carbonyl (C=O) groups is 2. The summed E-state index contributed by atoms with van der Waals surface area (Å²) in [7, 11) is 0. The Morgan fingerprint density at radius 3 is 2.00 bits per heavy atom. The van der Waals surface area contributed by atoms with E-state index < -0.39 is 17.6 Å². The molecule has 1 heterocycles. The van der Waals surface area contributed by atoms with E-state index in [0.29, 0.717) is 27.8 Å². The van der Waals surface area contributed by atoms with Crippen molar-refractivity contribution in [1.29, 1.82) is 5.26 Å². The summed E-state index contributed by atoms with van der Waals surface area (Å²) in [4.78, 5) is 28.9. The minimum atomic E-state index is -0.974. The SMILES string of the molecule is CC1=C(C(=O)Nc2ccccc2)[C@H](c2ccccc2F)C(C#N)=C(SCC(=O)N(c2ccccc2)c2ccccc2)N1. The standard InChI is InChI=1S/C34H27FN4O2S/c1-23-31(33(41)38-24-13-5-2-6-14-24)32(27-19-11-12-20-29(27)35)28(21-36)34(37-23)42-22-30(40)39(25-15-7-3-8-16-25)26-17-9-4-10-18-26/h2-20,32,37H,22H2,1H3,(H,38,41)/t32-/m1/s1. The Bertz CT molecular complexity index is 1660. The quantitative estimate of drug-likeness (QED) is 0.231. The molecule has 5 rings (SSSR count). The summed E-state index contributed by atoms with van der Waals surface area (Å²) in [5, 5.41) is 16.8. The monoisotopic (exact) mass is 574 g/mol. The number of carbonyl (C=O) groups excluding carboxylic acids is 2. The third-order valence-corrected chi connectivity index (χ3v) is 7.76. The predicted molar refractivity (Wildman–Crippen MR) is 165 cm³/mol. The Hall–Kier alpha value is -5.13. The number of hydrogen-bond acceptors (Lipinski definition) is 5. The molecule has 0 aliphatic carbocycles. The smallest absolute Gasteiger partial charge is 0.254 e. The molecule has 0 fully saturated rings. The van der Waals surface area contributed by atoms with Gasteiger partial charge in [0.25, 0.3) is 5.91 Å². The molecule has 0 saturated carbocycles. The Morgan fingerprint density at radius 2 is 1.43 bits per heavy atom. The average molecular weight is 575 g/mol. The lowest BCUT2D eigenvalue weighted by Gasteiger charge is -2.30. The lowest BCUT2D eigenvalue weighted by molar-refractivity contribution is -0.115. The van der Waals surface area contributed by atoms with Crippen molar-refractivity contribution in [3.05, 3.63) is 149 Å². The van der Waals surface area contributed by atoms with E-state index in [9.17, 15) is 14.9 Å². The molecule has 0 spiro atoms. The van der Waals surface area contributed by atoms with Crippen molar-refractivity contribution in [3.8, 4) is 6.07 Å². The van der Waals surface area contributed by atoms with Gasteiger partial charge in [-0.15, -0.1) is 0 Å². The molecule has 42 heavy (non-hydrogen) atoms. The number of amides is 2. The Kier molecular flexibility index (Phi) is 8.81. The molecule has 6 nitrogen and oxygen atoms in total. The van der Waals surface area contributed by atoms with E-state index in [-0.39, 0.29) is 28.4 Å². The van der Waals surface area contributed by atoms with Crippen LogP contribution in [0.4, 0.5) is 21.5 Å². The summed E-state index contributed by atoms with van der Waals surface area (Å²) in [6, 6.07) is 35.9. The number of nitriles is 1. The van der Waals surface area contributed by atoms with E-state index in [1.54, 1.807) is 54.3 Å². The highest BCUT2D eigenvalue weighted by Gasteiger charge is 2.36. The van der Waals surface area contributed by atoms with Crippen molar-refractivity contribution < 1.29 is 14.0 Å². The number of nitrogens with one attached hydrogen (secondary N) is 2. The van der Waals surface area contributed by atoms with Gasteiger partial charge in [-0.25, -0.2) is 4.39 Å². The number of halogens is 1. The molecule has 0 radical (unpaired) electrons. The molecule has 1 aliphatic rings. The second-order valence-electron chi connectivity index (χ2n) is 9.48. The van der Waals surface area contributed by atoms with Crippen LogP contribution in [0.5, 0.6) is 0 Å². The first-order chi connectivity index (χ1) is 20.5. The molecule has 1 aliphatic heterocycles. The highest BCUT2D eigenvalue weighted by molar-refractivity contribution is 8.03. The maximum Gasteiger partial charge on any atom is 0.254 e. The van der Waals surface area contributed by atoms with Crippen LogP contribution in [0.2, 0.25) is 0 Å². The van der Waals surface area contributed by atoms with Crippen molar-refractivity contribution in [2.75, 3.05) is 16.0 Å². The van der Waals surface area contributed by atoms with Crippen LogP contribution < -0.4 is 15.5 Å². The number of benzene rings is 4. The molecule has 2 amide bonds. The summed E-state index contributed by atoms with van der Waals surface area (Å²) in [6.07, 6.45) is 0. The fourth-order valence-electron chi connectivity index (χ4n) is 4.86.